The molecule has 1 aromatic carbocycles. The lowest BCUT2D eigenvalue weighted by Gasteiger charge is -2.12. The fraction of sp³-hybridized carbons (Fsp3) is 0.360. The Bertz CT molecular complexity index is 1340. The Balaban J connectivity index is 1.40. The van der Waals surface area contributed by atoms with Crippen LogP contribution >= 0.6 is 34.4 Å². The van der Waals surface area contributed by atoms with Crippen molar-refractivity contribution in [3.8, 4) is 0 Å². The summed E-state index contributed by atoms with van der Waals surface area (Å²) in [7, 11) is 0. The minimum Gasteiger partial charge on any atom is -0.462 e. The summed E-state index contributed by atoms with van der Waals surface area (Å²) in [5, 5.41) is 3.43. The van der Waals surface area contributed by atoms with Crippen LogP contribution in [0.4, 0.5) is 5.00 Å². The predicted molar refractivity (Wildman–Crippen MR) is 143 cm³/mol. The number of hydrogen-bond donors (Lipinski definition) is 1. The van der Waals surface area contributed by atoms with Gasteiger partial charge in [0.05, 0.1) is 33.9 Å². The molecule has 1 N–H and O–H groups in total. The van der Waals surface area contributed by atoms with Crippen molar-refractivity contribution in [3.05, 3.63) is 57.7 Å². The van der Waals surface area contributed by atoms with Crippen LogP contribution in [0, 0.1) is 0 Å². The molecule has 0 saturated carbocycles. The SMILES string of the molecule is C=CCn1c(=NC(=O)CSCC(=O)Nc2sc3c(c2C(=O)OCC)CCCC3)sc2ccccc21. The number of rotatable bonds is 9. The van der Waals surface area contributed by atoms with Crippen LogP contribution in [0.25, 0.3) is 10.2 Å². The molecule has 0 atom stereocenters. The number of benzene rings is 1. The van der Waals surface area contributed by atoms with Crippen molar-refractivity contribution in [2.45, 2.75) is 39.2 Å². The lowest BCUT2D eigenvalue weighted by Crippen LogP contribution is -2.19. The Kier molecular flexibility index (Phi) is 8.59. The summed E-state index contributed by atoms with van der Waals surface area (Å²) in [4.78, 5) is 43.7. The Morgan fingerprint density at radius 2 is 2.00 bits per heavy atom. The second-order valence-electron chi connectivity index (χ2n) is 7.93. The second kappa shape index (κ2) is 11.8. The molecule has 0 saturated heterocycles. The van der Waals surface area contributed by atoms with Gasteiger partial charge in [0.25, 0.3) is 5.91 Å². The van der Waals surface area contributed by atoms with E-state index in [2.05, 4.69) is 16.9 Å². The third kappa shape index (κ3) is 5.94. The number of amides is 2. The van der Waals surface area contributed by atoms with Crippen molar-refractivity contribution in [2.75, 3.05) is 23.4 Å². The number of aryl methyl sites for hydroxylation is 1. The lowest BCUT2D eigenvalue weighted by molar-refractivity contribution is -0.115. The van der Waals surface area contributed by atoms with Crippen LogP contribution in [0.2, 0.25) is 0 Å². The zero-order chi connectivity index (χ0) is 24.8. The van der Waals surface area contributed by atoms with E-state index in [1.54, 1.807) is 13.0 Å². The molecule has 4 rings (SSSR count). The van der Waals surface area contributed by atoms with Gasteiger partial charge in [-0.05, 0) is 50.3 Å². The summed E-state index contributed by atoms with van der Waals surface area (Å²) < 4.78 is 8.24. The molecule has 3 aromatic rings. The number of aromatic nitrogens is 1. The molecular weight excluding hydrogens is 502 g/mol. The molecular formula is C25H27N3O4S3. The topological polar surface area (TPSA) is 89.8 Å². The van der Waals surface area contributed by atoms with E-state index in [-0.39, 0.29) is 35.9 Å². The second-order valence-corrected chi connectivity index (χ2v) is 11.0. The summed E-state index contributed by atoms with van der Waals surface area (Å²) in [5.74, 6) is -0.770. The van der Waals surface area contributed by atoms with E-state index in [9.17, 15) is 14.4 Å². The molecule has 0 radical (unpaired) electrons. The highest BCUT2D eigenvalue weighted by molar-refractivity contribution is 8.00. The van der Waals surface area contributed by atoms with Gasteiger partial charge in [0.15, 0.2) is 4.80 Å². The number of hydrogen-bond acceptors (Lipinski definition) is 7. The summed E-state index contributed by atoms with van der Waals surface area (Å²) in [6, 6.07) is 7.89. The highest BCUT2D eigenvalue weighted by Crippen LogP contribution is 2.38. The Labute approximate surface area is 215 Å². The Hall–Kier alpha value is -2.69. The smallest absolute Gasteiger partial charge is 0.341 e. The van der Waals surface area contributed by atoms with Gasteiger partial charge in [-0.15, -0.1) is 29.7 Å². The first-order chi connectivity index (χ1) is 17.0. The summed E-state index contributed by atoms with van der Waals surface area (Å²) in [6.45, 7) is 6.40. The normalized spacial score (nSPS) is 13.5. The molecule has 0 spiro atoms. The van der Waals surface area contributed by atoms with Gasteiger partial charge in [0.1, 0.15) is 5.00 Å². The molecule has 2 aromatic heterocycles. The van der Waals surface area contributed by atoms with Gasteiger partial charge in [0.2, 0.25) is 5.91 Å². The largest absolute Gasteiger partial charge is 0.462 e. The number of nitrogens with zero attached hydrogens (tertiary/aromatic N) is 2. The zero-order valence-electron chi connectivity index (χ0n) is 19.5. The van der Waals surface area contributed by atoms with Crippen LogP contribution in [0.15, 0.2) is 41.9 Å². The lowest BCUT2D eigenvalue weighted by atomic mass is 9.95. The van der Waals surface area contributed by atoms with Gasteiger partial charge in [0, 0.05) is 11.4 Å². The van der Waals surface area contributed by atoms with Crippen LogP contribution in [0.5, 0.6) is 0 Å². The van der Waals surface area contributed by atoms with Crippen LogP contribution in [-0.2, 0) is 33.7 Å². The standard InChI is InChI=1S/C25H27N3O4S3/c1-3-13-28-17-10-6-8-12-19(17)35-25(28)27-21(30)15-33-14-20(29)26-23-22(24(31)32-4-2)16-9-5-7-11-18(16)34-23/h3,6,8,10,12H,1,4-5,7,9,11,13-15H2,2H3,(H,26,29). The number of fused-ring (bicyclic) bond motifs is 2. The molecule has 7 nitrogen and oxygen atoms in total. The minimum atomic E-state index is -0.389. The van der Waals surface area contributed by atoms with Gasteiger partial charge in [-0.25, -0.2) is 4.79 Å². The summed E-state index contributed by atoms with van der Waals surface area (Å²) in [6.07, 6.45) is 5.62. The van der Waals surface area contributed by atoms with E-state index in [0.29, 0.717) is 21.9 Å². The van der Waals surface area contributed by atoms with E-state index in [0.717, 1.165) is 46.3 Å². The number of nitrogens with one attached hydrogen (secondary N) is 1. The first-order valence-electron chi connectivity index (χ1n) is 11.5. The predicted octanol–water partition coefficient (Wildman–Crippen LogP) is 4.81. The highest BCUT2D eigenvalue weighted by Gasteiger charge is 2.27. The maximum absolute atomic E-state index is 12.6. The van der Waals surface area contributed by atoms with E-state index >= 15 is 0 Å². The summed E-state index contributed by atoms with van der Waals surface area (Å²) >= 11 is 4.11. The average Bonchev–Trinajstić information content (AvgIpc) is 3.37. The third-order valence-electron chi connectivity index (χ3n) is 5.48. The van der Waals surface area contributed by atoms with Gasteiger partial charge >= 0.3 is 5.97 Å². The van der Waals surface area contributed by atoms with E-state index < -0.39 is 0 Å². The maximum atomic E-state index is 12.6. The Morgan fingerprint density at radius 1 is 1.20 bits per heavy atom. The number of allylic oxidation sites excluding steroid dienone is 1. The molecule has 0 unspecified atom stereocenters. The van der Waals surface area contributed by atoms with E-state index in [1.807, 2.05) is 28.8 Å². The van der Waals surface area contributed by atoms with Crippen molar-refractivity contribution >= 4 is 67.4 Å². The van der Waals surface area contributed by atoms with Crippen molar-refractivity contribution in [2.24, 2.45) is 4.99 Å². The van der Waals surface area contributed by atoms with Crippen LogP contribution in [0.3, 0.4) is 0 Å². The van der Waals surface area contributed by atoms with Gasteiger partial charge in [-0.1, -0.05) is 29.5 Å². The number of ether oxygens (including phenoxy) is 1. The van der Waals surface area contributed by atoms with Gasteiger partial charge in [-0.2, -0.15) is 4.99 Å². The monoisotopic (exact) mass is 529 g/mol. The van der Waals surface area contributed by atoms with Crippen LogP contribution < -0.4 is 10.1 Å². The van der Waals surface area contributed by atoms with Crippen molar-refractivity contribution in [1.82, 2.24) is 4.57 Å². The molecule has 2 amide bonds. The molecule has 10 heteroatoms. The van der Waals surface area contributed by atoms with Crippen LogP contribution in [0.1, 0.15) is 40.6 Å². The number of carbonyl (C=O) groups excluding carboxylic acids is 3. The zero-order valence-corrected chi connectivity index (χ0v) is 22.0. The first kappa shape index (κ1) is 25.4. The number of thiophene rings is 1. The number of anilines is 1. The third-order valence-corrected chi connectivity index (χ3v) is 8.67. The minimum absolute atomic E-state index is 0.0848. The van der Waals surface area contributed by atoms with Gasteiger partial charge < -0.3 is 14.6 Å². The first-order valence-corrected chi connectivity index (χ1v) is 14.3. The van der Waals surface area contributed by atoms with Gasteiger partial charge in [-0.3, -0.25) is 9.59 Å². The van der Waals surface area contributed by atoms with Crippen LogP contribution in [-0.4, -0.2) is 40.5 Å². The molecule has 0 bridgehead atoms. The molecule has 1 aliphatic carbocycles. The molecule has 2 heterocycles. The van der Waals surface area contributed by atoms with Crippen molar-refractivity contribution < 1.29 is 19.1 Å². The van der Waals surface area contributed by atoms with Crippen molar-refractivity contribution in [1.29, 1.82) is 0 Å². The molecule has 35 heavy (non-hydrogen) atoms. The number of esters is 1. The highest BCUT2D eigenvalue weighted by atomic mass is 32.2. The number of carbonyl (C=O) groups is 3. The number of thiazole rings is 1. The molecule has 184 valence electrons. The average molecular weight is 530 g/mol. The fourth-order valence-electron chi connectivity index (χ4n) is 4.02. The maximum Gasteiger partial charge on any atom is 0.341 e. The summed E-state index contributed by atoms with van der Waals surface area (Å²) in [5.41, 5.74) is 2.51. The van der Waals surface area contributed by atoms with E-state index in [4.69, 9.17) is 4.74 Å². The molecule has 1 aliphatic rings. The quantitative estimate of drug-likeness (QED) is 0.318. The molecule has 0 fully saturated rings. The van der Waals surface area contributed by atoms with E-state index in [1.165, 1.54) is 34.4 Å². The fourth-order valence-corrected chi connectivity index (χ4v) is 6.97. The molecule has 0 aliphatic heterocycles. The van der Waals surface area contributed by atoms with Crippen molar-refractivity contribution in [3.63, 3.8) is 0 Å². The number of para-hydroxylation sites is 1. The number of thioether (sulfide) groups is 1. The Morgan fingerprint density at radius 3 is 2.80 bits per heavy atom.